The minimum Gasteiger partial charge on any atom is -0.366 e. The van der Waals surface area contributed by atoms with Crippen LogP contribution in [0.25, 0.3) is 11.3 Å². The van der Waals surface area contributed by atoms with Crippen LogP contribution in [-0.2, 0) is 0 Å². The molecule has 3 aromatic heterocycles. The molecule has 1 aliphatic rings. The number of hydrogen-bond donors (Lipinski definition) is 1. The first kappa shape index (κ1) is 18.2. The van der Waals surface area contributed by atoms with Gasteiger partial charge in [-0.1, -0.05) is 0 Å². The third-order valence-electron chi connectivity index (χ3n) is 5.31. The molecule has 0 unspecified atom stereocenters. The van der Waals surface area contributed by atoms with E-state index in [4.69, 9.17) is 10.7 Å². The Labute approximate surface area is 169 Å². The van der Waals surface area contributed by atoms with Crippen molar-refractivity contribution in [3.63, 3.8) is 0 Å². The van der Waals surface area contributed by atoms with Crippen LogP contribution < -0.4 is 10.6 Å². The number of aromatic nitrogens is 5. The number of fused-ring (bicyclic) bond motifs is 1. The highest BCUT2D eigenvalue weighted by molar-refractivity contribution is 5.92. The van der Waals surface area contributed by atoms with E-state index in [9.17, 15) is 13.6 Å². The summed E-state index contributed by atoms with van der Waals surface area (Å²) in [6.45, 7) is 0.668. The summed E-state index contributed by atoms with van der Waals surface area (Å²) in [4.78, 5) is 18.0. The Morgan fingerprint density at radius 1 is 1.17 bits per heavy atom. The number of carbonyl (C=O) groups excluding carboxylic acids is 1. The predicted octanol–water partition coefficient (Wildman–Crippen LogP) is 2.63. The molecule has 0 saturated carbocycles. The van der Waals surface area contributed by atoms with Crippen molar-refractivity contribution in [2.24, 2.45) is 5.73 Å². The van der Waals surface area contributed by atoms with Crippen LogP contribution in [0.1, 0.15) is 34.8 Å². The second-order valence-corrected chi connectivity index (χ2v) is 7.14. The van der Waals surface area contributed by atoms with Gasteiger partial charge in [0.15, 0.2) is 5.65 Å². The fraction of sp³-hybridized carbons (Fsp3) is 0.200. The van der Waals surface area contributed by atoms with E-state index in [1.54, 1.807) is 23.0 Å². The maximum absolute atomic E-state index is 14.4. The molecular formula is C20H17F2N7O. The lowest BCUT2D eigenvalue weighted by Gasteiger charge is -2.26. The lowest BCUT2D eigenvalue weighted by Crippen LogP contribution is -2.24. The van der Waals surface area contributed by atoms with Gasteiger partial charge in [0, 0.05) is 24.5 Å². The van der Waals surface area contributed by atoms with Gasteiger partial charge in [-0.2, -0.15) is 10.2 Å². The van der Waals surface area contributed by atoms with Gasteiger partial charge >= 0.3 is 0 Å². The molecule has 0 bridgehead atoms. The number of hydrogen-bond acceptors (Lipinski definition) is 5. The Balaban J connectivity index is 1.56. The van der Waals surface area contributed by atoms with E-state index in [0.29, 0.717) is 35.7 Å². The SMILES string of the molecule is NC(=O)c1cnn(-c2cnn3ccc(N4CCC[C@H]4c4cc(F)ccc4F)nc23)c1. The molecule has 4 heterocycles. The smallest absolute Gasteiger partial charge is 0.251 e. The second kappa shape index (κ2) is 6.90. The van der Waals surface area contributed by atoms with Crippen LogP contribution in [0.3, 0.4) is 0 Å². The van der Waals surface area contributed by atoms with Gasteiger partial charge in [0.2, 0.25) is 0 Å². The van der Waals surface area contributed by atoms with E-state index in [1.165, 1.54) is 23.1 Å². The van der Waals surface area contributed by atoms with Gasteiger partial charge in [-0.3, -0.25) is 4.79 Å². The molecular weight excluding hydrogens is 392 g/mol. The predicted molar refractivity (Wildman–Crippen MR) is 104 cm³/mol. The Hall–Kier alpha value is -3.82. The number of nitrogens with two attached hydrogens (primary N) is 1. The van der Waals surface area contributed by atoms with Crippen LogP contribution in [0.5, 0.6) is 0 Å². The highest BCUT2D eigenvalue weighted by Crippen LogP contribution is 2.37. The summed E-state index contributed by atoms with van der Waals surface area (Å²) in [6, 6.07) is 4.99. The average Bonchev–Trinajstić information content (AvgIpc) is 3.47. The summed E-state index contributed by atoms with van der Waals surface area (Å²) in [7, 11) is 0. The van der Waals surface area contributed by atoms with Gasteiger partial charge in [0.25, 0.3) is 5.91 Å². The quantitative estimate of drug-likeness (QED) is 0.559. The van der Waals surface area contributed by atoms with Gasteiger partial charge in [0.1, 0.15) is 23.1 Å². The Morgan fingerprint density at radius 3 is 2.83 bits per heavy atom. The third kappa shape index (κ3) is 2.97. The maximum atomic E-state index is 14.4. The average molecular weight is 409 g/mol. The minimum atomic E-state index is -0.580. The van der Waals surface area contributed by atoms with Crippen LogP contribution in [0.2, 0.25) is 0 Å². The monoisotopic (exact) mass is 409 g/mol. The standard InChI is InChI=1S/C20H17F2N7O/c21-13-3-4-15(22)14(8-13)16-2-1-6-27(16)18-5-7-28-20(26-18)17(10-25-28)29-11-12(9-24-29)19(23)30/h3-5,7-11,16H,1-2,6H2,(H2,23,30)/t16-/m0/s1. The first-order valence-corrected chi connectivity index (χ1v) is 9.42. The molecule has 0 spiro atoms. The summed E-state index contributed by atoms with van der Waals surface area (Å²) in [6.07, 6.45) is 7.74. The molecule has 1 atom stereocenters. The molecule has 0 radical (unpaired) electrons. The van der Waals surface area contributed by atoms with E-state index < -0.39 is 17.5 Å². The van der Waals surface area contributed by atoms with E-state index in [2.05, 4.69) is 10.2 Å². The molecule has 1 aliphatic heterocycles. The van der Waals surface area contributed by atoms with Crippen LogP contribution in [0, 0.1) is 11.6 Å². The summed E-state index contributed by atoms with van der Waals surface area (Å²) in [5.74, 6) is -0.861. The minimum absolute atomic E-state index is 0.270. The number of primary amides is 1. The molecule has 0 aliphatic carbocycles. The number of anilines is 1. The normalized spacial score (nSPS) is 16.5. The zero-order valence-corrected chi connectivity index (χ0v) is 15.7. The molecule has 1 saturated heterocycles. The van der Waals surface area contributed by atoms with Crippen LogP contribution in [0.4, 0.5) is 14.6 Å². The highest BCUT2D eigenvalue weighted by Gasteiger charge is 2.30. The summed E-state index contributed by atoms with van der Waals surface area (Å²) >= 11 is 0. The van der Waals surface area contributed by atoms with Crippen molar-refractivity contribution in [1.29, 1.82) is 0 Å². The zero-order valence-electron chi connectivity index (χ0n) is 15.7. The lowest BCUT2D eigenvalue weighted by molar-refractivity contribution is 0.100. The van der Waals surface area contributed by atoms with Crippen molar-refractivity contribution in [2.75, 3.05) is 11.4 Å². The highest BCUT2D eigenvalue weighted by atomic mass is 19.1. The molecule has 30 heavy (non-hydrogen) atoms. The van der Waals surface area contributed by atoms with Crippen molar-refractivity contribution in [2.45, 2.75) is 18.9 Å². The Bertz CT molecular complexity index is 1270. The first-order valence-electron chi connectivity index (χ1n) is 9.42. The molecule has 1 fully saturated rings. The molecule has 4 aromatic rings. The van der Waals surface area contributed by atoms with Crippen LogP contribution >= 0.6 is 0 Å². The Kier molecular flexibility index (Phi) is 4.19. The molecule has 10 heteroatoms. The lowest BCUT2D eigenvalue weighted by atomic mass is 10.0. The number of benzene rings is 1. The van der Waals surface area contributed by atoms with Crippen molar-refractivity contribution in [3.8, 4) is 5.69 Å². The molecule has 1 aromatic carbocycles. The van der Waals surface area contributed by atoms with Crippen molar-refractivity contribution in [3.05, 3.63) is 71.8 Å². The molecule has 8 nitrogen and oxygen atoms in total. The molecule has 152 valence electrons. The number of amides is 1. The van der Waals surface area contributed by atoms with E-state index in [0.717, 1.165) is 18.6 Å². The van der Waals surface area contributed by atoms with Crippen molar-refractivity contribution in [1.82, 2.24) is 24.4 Å². The van der Waals surface area contributed by atoms with Gasteiger partial charge in [-0.05, 0) is 37.1 Å². The molecule has 2 N–H and O–H groups in total. The third-order valence-corrected chi connectivity index (χ3v) is 5.31. The topological polar surface area (TPSA) is 94.3 Å². The number of rotatable bonds is 4. The first-order chi connectivity index (χ1) is 14.5. The van der Waals surface area contributed by atoms with Gasteiger partial charge in [-0.25, -0.2) is 23.0 Å². The number of carbonyl (C=O) groups is 1. The second-order valence-electron chi connectivity index (χ2n) is 7.14. The summed E-state index contributed by atoms with van der Waals surface area (Å²) < 4.78 is 31.2. The number of nitrogens with zero attached hydrogens (tertiary/aromatic N) is 6. The van der Waals surface area contributed by atoms with Crippen LogP contribution in [0.15, 0.2) is 49.1 Å². The number of halogens is 2. The summed E-state index contributed by atoms with van der Waals surface area (Å²) in [5.41, 5.74) is 6.97. The van der Waals surface area contributed by atoms with E-state index in [1.807, 2.05) is 4.90 Å². The summed E-state index contributed by atoms with van der Waals surface area (Å²) in [5, 5.41) is 8.43. The van der Waals surface area contributed by atoms with Gasteiger partial charge in [0.05, 0.1) is 24.0 Å². The zero-order chi connectivity index (χ0) is 20.8. The maximum Gasteiger partial charge on any atom is 0.251 e. The van der Waals surface area contributed by atoms with Crippen LogP contribution in [-0.4, -0.2) is 36.8 Å². The fourth-order valence-corrected chi connectivity index (χ4v) is 3.88. The largest absolute Gasteiger partial charge is 0.366 e. The van der Waals surface area contributed by atoms with E-state index in [-0.39, 0.29) is 11.6 Å². The molecule has 5 rings (SSSR count). The fourth-order valence-electron chi connectivity index (χ4n) is 3.88. The van der Waals surface area contributed by atoms with Gasteiger partial charge in [-0.15, -0.1) is 0 Å². The van der Waals surface area contributed by atoms with Crippen molar-refractivity contribution >= 4 is 17.4 Å². The van der Waals surface area contributed by atoms with Crippen molar-refractivity contribution < 1.29 is 13.6 Å². The van der Waals surface area contributed by atoms with E-state index >= 15 is 0 Å². The molecule has 1 amide bonds. The Morgan fingerprint density at radius 2 is 2.03 bits per heavy atom. The van der Waals surface area contributed by atoms with Gasteiger partial charge < -0.3 is 10.6 Å².